The first kappa shape index (κ1) is 15.8. The Morgan fingerprint density at radius 1 is 1.14 bits per heavy atom. The number of hydrogen-bond donors (Lipinski definition) is 2. The average Bonchev–Trinajstić information content (AvgIpc) is 2.43. The van der Waals surface area contributed by atoms with Crippen LogP contribution in [0.2, 0.25) is 0 Å². The molecule has 0 radical (unpaired) electrons. The van der Waals surface area contributed by atoms with Crippen molar-refractivity contribution in [2.75, 3.05) is 5.32 Å². The fraction of sp³-hybridized carbons (Fsp3) is 0.375. The van der Waals surface area contributed by atoms with Gasteiger partial charge >= 0.3 is 5.97 Å². The minimum Gasteiger partial charge on any atom is -0.481 e. The van der Waals surface area contributed by atoms with Crippen molar-refractivity contribution in [1.82, 2.24) is 0 Å². The van der Waals surface area contributed by atoms with E-state index in [1.54, 1.807) is 6.07 Å². The smallest absolute Gasteiger partial charge is 0.307 e. The minimum atomic E-state index is -0.908. The molecule has 2 N–H and O–H groups in total. The molecular formula is C16H18BrNO3. The second kappa shape index (κ2) is 6.43. The summed E-state index contributed by atoms with van der Waals surface area (Å²) in [5.74, 6) is -2.33. The number of allylic oxidation sites excluding steroid dienone is 2. The van der Waals surface area contributed by atoms with E-state index < -0.39 is 17.8 Å². The van der Waals surface area contributed by atoms with Gasteiger partial charge in [0, 0.05) is 4.47 Å². The number of carbonyl (C=O) groups excluding carboxylic acids is 1. The van der Waals surface area contributed by atoms with Crippen molar-refractivity contribution in [2.24, 2.45) is 11.8 Å². The number of nitrogens with one attached hydrogen (secondary N) is 1. The molecule has 21 heavy (non-hydrogen) atoms. The zero-order chi connectivity index (χ0) is 15.6. The SMILES string of the molecule is CC1=C(C)C[C@H](C(=O)Nc2ccccc2Br)[C@@H](C(=O)O)C1. The Balaban J connectivity index is 2.21. The first-order valence-corrected chi connectivity index (χ1v) is 7.63. The van der Waals surface area contributed by atoms with Gasteiger partial charge < -0.3 is 10.4 Å². The van der Waals surface area contributed by atoms with Crippen molar-refractivity contribution in [3.8, 4) is 0 Å². The predicted octanol–water partition coefficient (Wildman–Crippen LogP) is 3.83. The number of hydrogen-bond acceptors (Lipinski definition) is 2. The number of anilines is 1. The standard InChI is InChI=1S/C16H18BrNO3/c1-9-7-11(12(16(20)21)8-10(9)2)15(19)18-14-6-4-3-5-13(14)17/h3-6,11-12H,7-8H2,1-2H3,(H,18,19)(H,20,21)/t11-,12-/m0/s1. The predicted molar refractivity (Wildman–Crippen MR) is 85.0 cm³/mol. The van der Waals surface area contributed by atoms with E-state index in [4.69, 9.17) is 0 Å². The van der Waals surface area contributed by atoms with Crippen LogP contribution in [0.4, 0.5) is 5.69 Å². The molecule has 0 heterocycles. The summed E-state index contributed by atoms with van der Waals surface area (Å²) in [5.41, 5.74) is 2.85. The van der Waals surface area contributed by atoms with Crippen LogP contribution in [0.1, 0.15) is 26.7 Å². The van der Waals surface area contributed by atoms with Crippen LogP contribution in [0.25, 0.3) is 0 Å². The molecular weight excluding hydrogens is 334 g/mol. The Morgan fingerprint density at radius 3 is 2.29 bits per heavy atom. The van der Waals surface area contributed by atoms with Crippen LogP contribution >= 0.6 is 15.9 Å². The van der Waals surface area contributed by atoms with Gasteiger partial charge in [-0.05, 0) is 54.8 Å². The molecule has 0 aliphatic heterocycles. The van der Waals surface area contributed by atoms with Crippen LogP contribution in [-0.2, 0) is 9.59 Å². The van der Waals surface area contributed by atoms with Crippen molar-refractivity contribution in [3.63, 3.8) is 0 Å². The normalized spacial score (nSPS) is 22.0. The fourth-order valence-electron chi connectivity index (χ4n) is 2.62. The summed E-state index contributed by atoms with van der Waals surface area (Å²) < 4.78 is 0.782. The number of para-hydroxylation sites is 1. The zero-order valence-electron chi connectivity index (χ0n) is 12.0. The first-order chi connectivity index (χ1) is 9.90. The number of carboxylic acid groups (broad SMARTS) is 1. The number of rotatable bonds is 3. The van der Waals surface area contributed by atoms with E-state index in [1.165, 1.54) is 0 Å². The molecule has 0 unspecified atom stereocenters. The van der Waals surface area contributed by atoms with E-state index in [-0.39, 0.29) is 5.91 Å². The zero-order valence-corrected chi connectivity index (χ0v) is 13.6. The quantitative estimate of drug-likeness (QED) is 0.813. The minimum absolute atomic E-state index is 0.235. The van der Waals surface area contributed by atoms with E-state index in [2.05, 4.69) is 21.2 Å². The highest BCUT2D eigenvalue weighted by molar-refractivity contribution is 9.10. The van der Waals surface area contributed by atoms with Crippen LogP contribution in [0.3, 0.4) is 0 Å². The summed E-state index contributed by atoms with van der Waals surface area (Å²) in [4.78, 5) is 23.9. The van der Waals surface area contributed by atoms with Crippen LogP contribution in [0, 0.1) is 11.8 Å². The lowest BCUT2D eigenvalue weighted by molar-refractivity contribution is -0.146. The molecule has 0 fully saturated rings. The van der Waals surface area contributed by atoms with Crippen LogP contribution in [0.5, 0.6) is 0 Å². The highest BCUT2D eigenvalue weighted by Crippen LogP contribution is 2.35. The van der Waals surface area contributed by atoms with Crippen molar-refractivity contribution >= 4 is 33.5 Å². The maximum Gasteiger partial charge on any atom is 0.307 e. The van der Waals surface area contributed by atoms with Crippen LogP contribution in [0.15, 0.2) is 39.9 Å². The van der Waals surface area contributed by atoms with E-state index in [1.807, 2.05) is 32.0 Å². The molecule has 1 aromatic rings. The Morgan fingerprint density at radius 2 is 1.71 bits per heavy atom. The summed E-state index contributed by atoms with van der Waals surface area (Å²) in [7, 11) is 0. The molecule has 1 amide bonds. The summed E-state index contributed by atoms with van der Waals surface area (Å²) in [5, 5.41) is 12.2. The van der Waals surface area contributed by atoms with Gasteiger partial charge in [0.25, 0.3) is 0 Å². The third-order valence-corrected chi connectivity index (χ3v) is 4.74. The molecule has 0 spiro atoms. The monoisotopic (exact) mass is 351 g/mol. The Kier molecular flexibility index (Phi) is 4.83. The van der Waals surface area contributed by atoms with Crippen molar-refractivity contribution in [3.05, 3.63) is 39.9 Å². The van der Waals surface area contributed by atoms with Crippen LogP contribution < -0.4 is 5.32 Å². The molecule has 1 aliphatic rings. The number of benzene rings is 1. The van der Waals surface area contributed by atoms with Crippen molar-refractivity contribution in [2.45, 2.75) is 26.7 Å². The fourth-order valence-corrected chi connectivity index (χ4v) is 3.00. The van der Waals surface area contributed by atoms with Gasteiger partial charge in [0.1, 0.15) is 0 Å². The molecule has 0 saturated heterocycles. The van der Waals surface area contributed by atoms with Gasteiger partial charge in [0.05, 0.1) is 17.5 Å². The molecule has 0 aromatic heterocycles. The number of halogens is 1. The topological polar surface area (TPSA) is 66.4 Å². The van der Waals surface area contributed by atoms with Gasteiger partial charge in [-0.15, -0.1) is 0 Å². The molecule has 2 atom stereocenters. The summed E-state index contributed by atoms with van der Waals surface area (Å²) in [6.07, 6.45) is 0.939. The van der Waals surface area contributed by atoms with Gasteiger partial charge in [-0.25, -0.2) is 0 Å². The van der Waals surface area contributed by atoms with E-state index in [0.29, 0.717) is 18.5 Å². The highest BCUT2D eigenvalue weighted by atomic mass is 79.9. The lowest BCUT2D eigenvalue weighted by Gasteiger charge is -2.29. The third-order valence-electron chi connectivity index (χ3n) is 4.05. The lowest BCUT2D eigenvalue weighted by Crippen LogP contribution is -2.36. The highest BCUT2D eigenvalue weighted by Gasteiger charge is 2.37. The second-order valence-corrected chi connectivity index (χ2v) is 6.34. The summed E-state index contributed by atoms with van der Waals surface area (Å²) in [6, 6.07) is 7.30. The molecule has 1 aromatic carbocycles. The lowest BCUT2D eigenvalue weighted by atomic mass is 9.76. The Hall–Kier alpha value is -1.62. The van der Waals surface area contributed by atoms with E-state index in [0.717, 1.165) is 15.6 Å². The number of carboxylic acids is 1. The number of amides is 1. The van der Waals surface area contributed by atoms with Gasteiger partial charge in [-0.3, -0.25) is 9.59 Å². The van der Waals surface area contributed by atoms with E-state index in [9.17, 15) is 14.7 Å². The molecule has 2 rings (SSSR count). The molecule has 1 aliphatic carbocycles. The Bertz CT molecular complexity index is 609. The summed E-state index contributed by atoms with van der Waals surface area (Å²) in [6.45, 7) is 3.90. The van der Waals surface area contributed by atoms with Crippen molar-refractivity contribution in [1.29, 1.82) is 0 Å². The Labute approximate surface area is 132 Å². The number of aliphatic carboxylic acids is 1. The van der Waals surface area contributed by atoms with Gasteiger partial charge in [-0.1, -0.05) is 23.3 Å². The first-order valence-electron chi connectivity index (χ1n) is 6.83. The molecule has 0 saturated carbocycles. The largest absolute Gasteiger partial charge is 0.481 e. The molecule has 5 heteroatoms. The maximum absolute atomic E-state index is 12.5. The third kappa shape index (κ3) is 3.53. The van der Waals surface area contributed by atoms with Gasteiger partial charge in [0.2, 0.25) is 5.91 Å². The van der Waals surface area contributed by atoms with Gasteiger partial charge in [-0.2, -0.15) is 0 Å². The summed E-state index contributed by atoms with van der Waals surface area (Å²) >= 11 is 3.37. The van der Waals surface area contributed by atoms with Gasteiger partial charge in [0.15, 0.2) is 0 Å². The molecule has 0 bridgehead atoms. The molecule has 112 valence electrons. The van der Waals surface area contributed by atoms with E-state index >= 15 is 0 Å². The maximum atomic E-state index is 12.5. The van der Waals surface area contributed by atoms with Crippen LogP contribution in [-0.4, -0.2) is 17.0 Å². The second-order valence-electron chi connectivity index (χ2n) is 5.49. The number of carbonyl (C=O) groups is 2. The average molecular weight is 352 g/mol. The van der Waals surface area contributed by atoms with Crippen molar-refractivity contribution < 1.29 is 14.7 Å². The molecule has 4 nitrogen and oxygen atoms in total.